The second-order valence-corrected chi connectivity index (χ2v) is 7.27. The van der Waals surface area contributed by atoms with Gasteiger partial charge in [-0.1, -0.05) is 13.8 Å². The number of aliphatic imine (C=N–C) groups is 1. The molecule has 1 aliphatic heterocycles. The summed E-state index contributed by atoms with van der Waals surface area (Å²) in [5.74, 6) is 1.67. The van der Waals surface area contributed by atoms with Crippen LogP contribution in [0, 0.1) is 5.92 Å². The Kier molecular flexibility index (Phi) is 9.73. The van der Waals surface area contributed by atoms with Gasteiger partial charge in [0.2, 0.25) is 10.0 Å². The van der Waals surface area contributed by atoms with Gasteiger partial charge in [0.05, 0.1) is 5.75 Å². The number of guanidine groups is 1. The highest BCUT2D eigenvalue weighted by molar-refractivity contribution is 14.0. The molecule has 0 amide bonds. The summed E-state index contributed by atoms with van der Waals surface area (Å²) in [4.78, 5) is 4.11. The molecule has 0 spiro atoms. The van der Waals surface area contributed by atoms with Gasteiger partial charge in [0.15, 0.2) is 5.96 Å². The molecule has 0 saturated carbocycles. The predicted molar refractivity (Wildman–Crippen MR) is 94.2 cm³/mol. The van der Waals surface area contributed by atoms with E-state index in [0.717, 1.165) is 25.3 Å². The molecule has 0 atom stereocenters. The summed E-state index contributed by atoms with van der Waals surface area (Å²) in [6, 6.07) is 0. The molecule has 0 unspecified atom stereocenters. The van der Waals surface area contributed by atoms with Gasteiger partial charge in [-0.2, -0.15) is 0 Å². The molecule has 0 aromatic heterocycles. The van der Waals surface area contributed by atoms with Crippen LogP contribution in [-0.4, -0.2) is 57.7 Å². The summed E-state index contributed by atoms with van der Waals surface area (Å²) in [5.41, 5.74) is 0. The number of halogens is 1. The molecule has 1 fully saturated rings. The molecule has 0 aliphatic carbocycles. The van der Waals surface area contributed by atoms with Crippen LogP contribution in [-0.2, 0) is 10.0 Å². The number of nitrogens with zero attached hydrogens (tertiary/aromatic N) is 2. The third kappa shape index (κ3) is 7.07. The summed E-state index contributed by atoms with van der Waals surface area (Å²) in [5, 5.41) is 6.36. The second-order valence-electron chi connectivity index (χ2n) is 5.18. The molecular weight excluding hydrogens is 391 g/mol. The topological polar surface area (TPSA) is 73.8 Å². The SMILES string of the molecule is CN=C(NCCC(C)C)NCCN1CCCS1(=O)=O.I. The average molecular weight is 418 g/mol. The van der Waals surface area contributed by atoms with Gasteiger partial charge in [-0.15, -0.1) is 24.0 Å². The van der Waals surface area contributed by atoms with Gasteiger partial charge in [-0.25, -0.2) is 12.7 Å². The first kappa shape index (κ1) is 19.9. The van der Waals surface area contributed by atoms with Crippen molar-refractivity contribution in [3.05, 3.63) is 0 Å². The highest BCUT2D eigenvalue weighted by Gasteiger charge is 2.27. The van der Waals surface area contributed by atoms with Crippen molar-refractivity contribution in [2.75, 3.05) is 39.0 Å². The van der Waals surface area contributed by atoms with Gasteiger partial charge in [0.25, 0.3) is 0 Å². The summed E-state index contributed by atoms with van der Waals surface area (Å²) >= 11 is 0. The van der Waals surface area contributed by atoms with Gasteiger partial charge < -0.3 is 10.6 Å². The van der Waals surface area contributed by atoms with Crippen molar-refractivity contribution in [1.29, 1.82) is 0 Å². The lowest BCUT2D eigenvalue weighted by Gasteiger charge is -2.16. The van der Waals surface area contributed by atoms with E-state index in [1.807, 2.05) is 0 Å². The number of hydrogen-bond donors (Lipinski definition) is 2. The molecule has 6 nitrogen and oxygen atoms in total. The van der Waals surface area contributed by atoms with E-state index in [1.54, 1.807) is 11.4 Å². The van der Waals surface area contributed by atoms with Gasteiger partial charge in [0, 0.05) is 33.2 Å². The molecule has 1 saturated heterocycles. The molecular formula is C12H27IN4O2S. The minimum absolute atomic E-state index is 0. The number of sulfonamides is 1. The molecule has 2 N–H and O–H groups in total. The van der Waals surface area contributed by atoms with Crippen LogP contribution in [0.4, 0.5) is 0 Å². The van der Waals surface area contributed by atoms with Crippen molar-refractivity contribution < 1.29 is 8.42 Å². The molecule has 1 aliphatic rings. The zero-order valence-electron chi connectivity index (χ0n) is 12.6. The predicted octanol–water partition coefficient (Wildman–Crippen LogP) is 0.851. The standard InChI is InChI=1S/C12H26N4O2S.HI/c1-11(2)5-6-14-12(13-3)15-7-9-16-8-4-10-19(16,17)18;/h11H,4-10H2,1-3H3,(H2,13,14,15);1H. The lowest BCUT2D eigenvalue weighted by atomic mass is 10.1. The zero-order valence-corrected chi connectivity index (χ0v) is 15.7. The number of nitrogens with one attached hydrogen (secondary N) is 2. The Bertz CT molecular complexity index is 398. The lowest BCUT2D eigenvalue weighted by molar-refractivity contribution is 0.444. The van der Waals surface area contributed by atoms with Crippen LogP contribution < -0.4 is 10.6 Å². The van der Waals surface area contributed by atoms with E-state index in [2.05, 4.69) is 29.5 Å². The lowest BCUT2D eigenvalue weighted by Crippen LogP contribution is -2.42. The number of hydrogen-bond acceptors (Lipinski definition) is 3. The van der Waals surface area contributed by atoms with E-state index in [-0.39, 0.29) is 29.7 Å². The summed E-state index contributed by atoms with van der Waals surface area (Å²) < 4.78 is 24.8. The minimum Gasteiger partial charge on any atom is -0.356 e. The fraction of sp³-hybridized carbons (Fsp3) is 0.917. The van der Waals surface area contributed by atoms with Crippen LogP contribution in [0.3, 0.4) is 0 Å². The van der Waals surface area contributed by atoms with Crippen LogP contribution in [0.15, 0.2) is 4.99 Å². The maximum absolute atomic E-state index is 11.6. The summed E-state index contributed by atoms with van der Waals surface area (Å²) in [6.07, 6.45) is 1.82. The third-order valence-corrected chi connectivity index (χ3v) is 5.05. The molecule has 20 heavy (non-hydrogen) atoms. The smallest absolute Gasteiger partial charge is 0.214 e. The molecule has 120 valence electrons. The number of rotatable bonds is 6. The fourth-order valence-electron chi connectivity index (χ4n) is 1.94. The molecule has 8 heteroatoms. The van der Waals surface area contributed by atoms with Crippen LogP contribution in [0.2, 0.25) is 0 Å². The Hall–Kier alpha value is -0.0900. The Morgan fingerprint density at radius 2 is 1.95 bits per heavy atom. The molecule has 0 radical (unpaired) electrons. The van der Waals surface area contributed by atoms with Crippen LogP contribution in [0.25, 0.3) is 0 Å². The van der Waals surface area contributed by atoms with Crippen molar-refractivity contribution in [3.63, 3.8) is 0 Å². The van der Waals surface area contributed by atoms with Gasteiger partial charge in [0.1, 0.15) is 0 Å². The summed E-state index contributed by atoms with van der Waals surface area (Å²) in [6.45, 7) is 6.96. The van der Waals surface area contributed by atoms with Crippen LogP contribution in [0.1, 0.15) is 26.7 Å². The summed E-state index contributed by atoms with van der Waals surface area (Å²) in [7, 11) is -1.27. The third-order valence-electron chi connectivity index (χ3n) is 3.09. The second kappa shape index (κ2) is 9.78. The van der Waals surface area contributed by atoms with Crippen molar-refractivity contribution in [1.82, 2.24) is 14.9 Å². The Balaban J connectivity index is 0.00000361. The van der Waals surface area contributed by atoms with Gasteiger partial charge in [-0.3, -0.25) is 4.99 Å². The first-order valence-electron chi connectivity index (χ1n) is 6.88. The first-order chi connectivity index (χ1) is 8.95. The van der Waals surface area contributed by atoms with E-state index in [4.69, 9.17) is 0 Å². The monoisotopic (exact) mass is 418 g/mol. The molecule has 0 bridgehead atoms. The maximum Gasteiger partial charge on any atom is 0.214 e. The molecule has 0 aromatic rings. The van der Waals surface area contributed by atoms with E-state index in [0.29, 0.717) is 25.6 Å². The van der Waals surface area contributed by atoms with Gasteiger partial charge in [-0.05, 0) is 18.8 Å². The Labute approximate surface area is 139 Å². The highest BCUT2D eigenvalue weighted by Crippen LogP contribution is 2.11. The Morgan fingerprint density at radius 1 is 1.30 bits per heavy atom. The average Bonchev–Trinajstić information content (AvgIpc) is 2.66. The maximum atomic E-state index is 11.6. The fourth-order valence-corrected chi connectivity index (χ4v) is 3.47. The van der Waals surface area contributed by atoms with Crippen molar-refractivity contribution in [2.24, 2.45) is 10.9 Å². The largest absolute Gasteiger partial charge is 0.356 e. The van der Waals surface area contributed by atoms with E-state index < -0.39 is 10.0 Å². The molecule has 1 heterocycles. The van der Waals surface area contributed by atoms with Gasteiger partial charge >= 0.3 is 0 Å². The molecule has 1 rings (SSSR count). The van der Waals surface area contributed by atoms with E-state index in [1.165, 1.54) is 0 Å². The van der Waals surface area contributed by atoms with Crippen molar-refractivity contribution in [3.8, 4) is 0 Å². The van der Waals surface area contributed by atoms with E-state index >= 15 is 0 Å². The van der Waals surface area contributed by atoms with Crippen molar-refractivity contribution >= 4 is 40.0 Å². The molecule has 0 aromatic carbocycles. The first-order valence-corrected chi connectivity index (χ1v) is 8.49. The van der Waals surface area contributed by atoms with Crippen LogP contribution >= 0.6 is 24.0 Å². The zero-order chi connectivity index (χ0) is 14.3. The van der Waals surface area contributed by atoms with E-state index in [9.17, 15) is 8.42 Å². The normalized spacial score (nSPS) is 18.9. The van der Waals surface area contributed by atoms with Crippen molar-refractivity contribution in [2.45, 2.75) is 26.7 Å². The minimum atomic E-state index is -2.99. The quantitative estimate of drug-likeness (QED) is 0.381. The Morgan fingerprint density at radius 3 is 2.45 bits per heavy atom. The highest BCUT2D eigenvalue weighted by atomic mass is 127. The van der Waals surface area contributed by atoms with Crippen LogP contribution in [0.5, 0.6) is 0 Å².